The molecule has 8 heteroatoms. The van der Waals surface area contributed by atoms with Crippen molar-refractivity contribution >= 4 is 32.8 Å². The van der Waals surface area contributed by atoms with Gasteiger partial charge in [-0.1, -0.05) is 12.1 Å². The molecule has 3 nitrogen and oxygen atoms in total. The van der Waals surface area contributed by atoms with Gasteiger partial charge in [0, 0.05) is 12.4 Å². The molecule has 24 heavy (non-hydrogen) atoms. The number of alkyl halides is 4. The SMILES string of the molecule is O=S1(=O)c2ccccc2N(CCCCl)c2cc(C(F)(F)F)ccc21. The Bertz CT molecular complexity index is 881. The van der Waals surface area contributed by atoms with Gasteiger partial charge in [0.05, 0.1) is 26.7 Å². The molecule has 0 unspecified atom stereocenters. The van der Waals surface area contributed by atoms with E-state index in [1.165, 1.54) is 6.07 Å². The Morgan fingerprint density at radius 1 is 1.00 bits per heavy atom. The van der Waals surface area contributed by atoms with Crippen LogP contribution in [-0.4, -0.2) is 20.8 Å². The van der Waals surface area contributed by atoms with Gasteiger partial charge in [-0.25, -0.2) is 8.42 Å². The standard InChI is InChI=1S/C16H13ClF3NO2S/c17-8-3-9-21-12-4-1-2-5-14(12)24(22,23)15-7-6-11(10-13(15)21)16(18,19)20/h1-2,4-7,10H,3,8-9H2. The molecule has 1 heterocycles. The van der Waals surface area contributed by atoms with Gasteiger partial charge < -0.3 is 4.90 Å². The van der Waals surface area contributed by atoms with E-state index in [-0.39, 0.29) is 15.5 Å². The Hall–Kier alpha value is -1.73. The molecule has 128 valence electrons. The number of hydrogen-bond donors (Lipinski definition) is 0. The fourth-order valence-electron chi connectivity index (χ4n) is 2.75. The fourth-order valence-corrected chi connectivity index (χ4v) is 4.51. The van der Waals surface area contributed by atoms with E-state index in [9.17, 15) is 21.6 Å². The normalized spacial score (nSPS) is 15.8. The van der Waals surface area contributed by atoms with Gasteiger partial charge in [0.15, 0.2) is 0 Å². The lowest BCUT2D eigenvalue weighted by Gasteiger charge is -2.33. The number of anilines is 2. The van der Waals surface area contributed by atoms with Gasteiger partial charge >= 0.3 is 6.18 Å². The maximum Gasteiger partial charge on any atom is 0.416 e. The number of nitrogens with zero attached hydrogens (tertiary/aromatic N) is 1. The lowest BCUT2D eigenvalue weighted by Crippen LogP contribution is -2.27. The van der Waals surface area contributed by atoms with E-state index in [2.05, 4.69) is 0 Å². The Morgan fingerprint density at radius 2 is 1.67 bits per heavy atom. The highest BCUT2D eigenvalue weighted by Crippen LogP contribution is 2.45. The summed E-state index contributed by atoms with van der Waals surface area (Å²) in [6, 6.07) is 8.99. The molecule has 0 saturated carbocycles. The van der Waals surface area contributed by atoms with Crippen LogP contribution in [0, 0.1) is 0 Å². The van der Waals surface area contributed by atoms with Crippen LogP contribution in [0.2, 0.25) is 0 Å². The third-order valence-electron chi connectivity index (χ3n) is 3.83. The lowest BCUT2D eigenvalue weighted by atomic mass is 10.1. The number of sulfone groups is 1. The minimum atomic E-state index is -4.55. The molecule has 3 rings (SSSR count). The molecule has 0 atom stereocenters. The average Bonchev–Trinajstić information content (AvgIpc) is 2.54. The lowest BCUT2D eigenvalue weighted by molar-refractivity contribution is -0.137. The predicted octanol–water partition coefficient (Wildman–Crippen LogP) is 4.62. The van der Waals surface area contributed by atoms with E-state index in [1.54, 1.807) is 23.1 Å². The van der Waals surface area contributed by atoms with Crippen LogP contribution in [0.4, 0.5) is 24.5 Å². The summed E-state index contributed by atoms with van der Waals surface area (Å²) in [5.74, 6) is 0.319. The molecular weight excluding hydrogens is 363 g/mol. The average molecular weight is 376 g/mol. The Morgan fingerprint density at radius 3 is 2.33 bits per heavy atom. The monoisotopic (exact) mass is 375 g/mol. The first-order valence-corrected chi connectivity index (χ1v) is 9.17. The highest BCUT2D eigenvalue weighted by molar-refractivity contribution is 7.92. The molecule has 0 radical (unpaired) electrons. The number of hydrogen-bond acceptors (Lipinski definition) is 3. The Balaban J connectivity index is 2.26. The number of rotatable bonds is 3. The van der Waals surface area contributed by atoms with Crippen LogP contribution < -0.4 is 4.90 Å². The molecule has 0 saturated heterocycles. The van der Waals surface area contributed by atoms with Crippen LogP contribution in [0.15, 0.2) is 52.3 Å². The molecule has 0 spiro atoms. The van der Waals surface area contributed by atoms with Crippen LogP contribution >= 0.6 is 11.6 Å². The van der Waals surface area contributed by atoms with Gasteiger partial charge in [0.2, 0.25) is 9.84 Å². The molecule has 0 fully saturated rings. The van der Waals surface area contributed by atoms with E-state index >= 15 is 0 Å². The van der Waals surface area contributed by atoms with Gasteiger partial charge in [0.1, 0.15) is 0 Å². The van der Waals surface area contributed by atoms with Crippen LogP contribution in [0.25, 0.3) is 0 Å². The first-order valence-electron chi connectivity index (χ1n) is 7.15. The first-order chi connectivity index (χ1) is 11.3. The summed E-state index contributed by atoms with van der Waals surface area (Å²) in [5.41, 5.74) is -0.477. The second-order valence-corrected chi connectivity index (χ2v) is 7.61. The summed E-state index contributed by atoms with van der Waals surface area (Å²) >= 11 is 5.71. The molecule has 2 aromatic rings. The van der Waals surface area contributed by atoms with Crippen LogP contribution in [0.3, 0.4) is 0 Å². The van der Waals surface area contributed by atoms with Crippen molar-refractivity contribution in [2.45, 2.75) is 22.4 Å². The van der Waals surface area contributed by atoms with Gasteiger partial charge in [-0.15, -0.1) is 11.6 Å². The zero-order valence-electron chi connectivity index (χ0n) is 12.3. The maximum atomic E-state index is 13.0. The fraction of sp³-hybridized carbons (Fsp3) is 0.250. The molecule has 2 aromatic carbocycles. The number of fused-ring (bicyclic) bond motifs is 2. The number of benzene rings is 2. The number of para-hydroxylation sites is 1. The molecule has 0 aromatic heterocycles. The summed E-state index contributed by atoms with van der Waals surface area (Å²) in [6.45, 7) is 0.324. The van der Waals surface area contributed by atoms with E-state index in [4.69, 9.17) is 11.6 Å². The molecule has 0 bridgehead atoms. The van der Waals surface area contributed by atoms with Crippen LogP contribution in [0.1, 0.15) is 12.0 Å². The molecule has 1 aliphatic rings. The second-order valence-electron chi connectivity index (χ2n) is 5.35. The largest absolute Gasteiger partial charge is 0.416 e. The molecule has 1 aliphatic heterocycles. The molecule has 0 N–H and O–H groups in total. The Kier molecular flexibility index (Phi) is 4.25. The molecule has 0 aliphatic carbocycles. The highest BCUT2D eigenvalue weighted by Gasteiger charge is 2.37. The smallest absolute Gasteiger partial charge is 0.339 e. The van der Waals surface area contributed by atoms with Crippen LogP contribution in [-0.2, 0) is 16.0 Å². The van der Waals surface area contributed by atoms with E-state index < -0.39 is 21.6 Å². The molecular formula is C16H13ClF3NO2S. The van der Waals surface area contributed by atoms with Gasteiger partial charge in [-0.05, 0) is 36.8 Å². The third kappa shape index (κ3) is 2.75. The van der Waals surface area contributed by atoms with Gasteiger partial charge in [-0.3, -0.25) is 0 Å². The maximum absolute atomic E-state index is 13.0. The summed E-state index contributed by atoms with van der Waals surface area (Å²) in [5, 5.41) is 0. The van der Waals surface area contributed by atoms with Crippen molar-refractivity contribution in [3.05, 3.63) is 48.0 Å². The summed E-state index contributed by atoms with van der Waals surface area (Å²) in [6.07, 6.45) is -4.04. The number of halogens is 4. The van der Waals surface area contributed by atoms with Crippen molar-refractivity contribution in [1.29, 1.82) is 0 Å². The van der Waals surface area contributed by atoms with E-state index in [0.717, 1.165) is 18.2 Å². The zero-order chi connectivity index (χ0) is 17.5. The van der Waals surface area contributed by atoms with Crippen molar-refractivity contribution in [2.75, 3.05) is 17.3 Å². The highest BCUT2D eigenvalue weighted by atomic mass is 35.5. The third-order valence-corrected chi connectivity index (χ3v) is 5.94. The summed E-state index contributed by atoms with van der Waals surface area (Å²) < 4.78 is 64.6. The zero-order valence-corrected chi connectivity index (χ0v) is 13.9. The second kappa shape index (κ2) is 5.97. The van der Waals surface area contributed by atoms with E-state index in [0.29, 0.717) is 24.5 Å². The minimum absolute atomic E-state index is 0.0358. The quantitative estimate of drug-likeness (QED) is 0.735. The van der Waals surface area contributed by atoms with Gasteiger partial charge in [-0.2, -0.15) is 13.2 Å². The predicted molar refractivity (Wildman–Crippen MR) is 85.7 cm³/mol. The van der Waals surface area contributed by atoms with Crippen molar-refractivity contribution in [1.82, 2.24) is 0 Å². The van der Waals surface area contributed by atoms with Crippen molar-refractivity contribution < 1.29 is 21.6 Å². The van der Waals surface area contributed by atoms with E-state index in [1.807, 2.05) is 0 Å². The molecule has 0 amide bonds. The Labute approximate surface area is 142 Å². The summed E-state index contributed by atoms with van der Waals surface area (Å²) in [7, 11) is -3.86. The summed E-state index contributed by atoms with van der Waals surface area (Å²) in [4.78, 5) is 1.55. The first kappa shape index (κ1) is 17.1. The van der Waals surface area contributed by atoms with Gasteiger partial charge in [0.25, 0.3) is 0 Å². The van der Waals surface area contributed by atoms with Crippen molar-refractivity contribution in [2.24, 2.45) is 0 Å². The minimum Gasteiger partial charge on any atom is -0.339 e. The van der Waals surface area contributed by atoms with Crippen molar-refractivity contribution in [3.8, 4) is 0 Å². The topological polar surface area (TPSA) is 37.4 Å². The van der Waals surface area contributed by atoms with Crippen LogP contribution in [0.5, 0.6) is 0 Å². The van der Waals surface area contributed by atoms with Crippen molar-refractivity contribution in [3.63, 3.8) is 0 Å².